The number of carbonyl (C=O) groups is 2. The van der Waals surface area contributed by atoms with Crippen LogP contribution in [0.2, 0.25) is 0 Å². The molecule has 0 spiro atoms. The molecule has 0 aliphatic rings. The van der Waals surface area contributed by atoms with Gasteiger partial charge in [0.15, 0.2) is 0 Å². The summed E-state index contributed by atoms with van der Waals surface area (Å²) in [7, 11) is 1.97. The fraction of sp³-hybridized carbons (Fsp3) is 0.818. The molecular weight excluding hydrogens is 206 g/mol. The Hall–Kier alpha value is -1.10. The second-order valence-corrected chi connectivity index (χ2v) is 5.19. The highest BCUT2D eigenvalue weighted by molar-refractivity contribution is 5.93. The Morgan fingerprint density at radius 2 is 1.88 bits per heavy atom. The van der Waals surface area contributed by atoms with E-state index in [0.717, 1.165) is 0 Å². The third-order valence-electron chi connectivity index (χ3n) is 2.87. The Labute approximate surface area is 97.4 Å². The molecule has 3 amide bonds. The van der Waals surface area contributed by atoms with Crippen LogP contribution < -0.4 is 11.1 Å². The van der Waals surface area contributed by atoms with Gasteiger partial charge in [-0.15, -0.1) is 0 Å². The zero-order valence-electron chi connectivity index (χ0n) is 10.8. The van der Waals surface area contributed by atoms with Gasteiger partial charge in [-0.3, -0.25) is 10.1 Å². The van der Waals surface area contributed by atoms with Crippen LogP contribution in [0.1, 0.15) is 34.1 Å². The lowest BCUT2D eigenvalue weighted by Crippen LogP contribution is -2.42. The maximum absolute atomic E-state index is 11.2. The molecule has 0 saturated heterocycles. The predicted molar refractivity (Wildman–Crippen MR) is 63.9 cm³/mol. The van der Waals surface area contributed by atoms with Crippen molar-refractivity contribution in [3.8, 4) is 0 Å². The van der Waals surface area contributed by atoms with Gasteiger partial charge in [0.25, 0.3) is 0 Å². The van der Waals surface area contributed by atoms with Crippen LogP contribution in [0, 0.1) is 5.41 Å². The van der Waals surface area contributed by atoms with E-state index in [1.165, 1.54) is 0 Å². The number of hydrogen-bond donors (Lipinski definition) is 2. The summed E-state index contributed by atoms with van der Waals surface area (Å²) >= 11 is 0. The third kappa shape index (κ3) is 5.70. The number of nitrogens with one attached hydrogen (secondary N) is 1. The summed E-state index contributed by atoms with van der Waals surface area (Å²) in [5, 5.41) is 2.05. The van der Waals surface area contributed by atoms with E-state index in [0.29, 0.717) is 12.6 Å². The first-order valence-corrected chi connectivity index (χ1v) is 5.44. The van der Waals surface area contributed by atoms with E-state index in [1.54, 1.807) is 0 Å². The number of nitrogens with two attached hydrogens (primary N) is 1. The fourth-order valence-corrected chi connectivity index (χ4v) is 1.33. The largest absolute Gasteiger partial charge is 0.351 e. The monoisotopic (exact) mass is 229 g/mol. The highest BCUT2D eigenvalue weighted by Gasteiger charge is 2.23. The number of carbonyl (C=O) groups excluding carboxylic acids is 2. The van der Waals surface area contributed by atoms with Crippen molar-refractivity contribution in [2.75, 3.05) is 13.6 Å². The third-order valence-corrected chi connectivity index (χ3v) is 2.87. The number of nitrogens with zero attached hydrogens (tertiary/aromatic N) is 1. The molecule has 5 heteroatoms. The number of imide groups is 1. The number of hydrogen-bond acceptors (Lipinski definition) is 3. The zero-order chi connectivity index (χ0) is 12.9. The van der Waals surface area contributed by atoms with E-state index in [4.69, 9.17) is 5.73 Å². The average molecular weight is 229 g/mol. The molecule has 0 aliphatic heterocycles. The summed E-state index contributed by atoms with van der Waals surface area (Å²) in [6.45, 7) is 9.18. The maximum Gasteiger partial charge on any atom is 0.318 e. The van der Waals surface area contributed by atoms with Crippen LogP contribution in [0.25, 0.3) is 0 Å². The van der Waals surface area contributed by atoms with E-state index in [1.807, 2.05) is 12.4 Å². The van der Waals surface area contributed by atoms with Gasteiger partial charge in [0.1, 0.15) is 0 Å². The molecule has 0 radical (unpaired) electrons. The molecule has 1 atom stereocenters. The Morgan fingerprint density at radius 1 is 1.38 bits per heavy atom. The van der Waals surface area contributed by atoms with E-state index in [2.05, 4.69) is 32.6 Å². The quantitative estimate of drug-likeness (QED) is 0.753. The fourth-order valence-electron chi connectivity index (χ4n) is 1.33. The molecule has 0 aromatic carbocycles. The molecule has 0 heterocycles. The molecule has 94 valence electrons. The van der Waals surface area contributed by atoms with Gasteiger partial charge in [0, 0.05) is 19.0 Å². The van der Waals surface area contributed by atoms with Crippen molar-refractivity contribution < 1.29 is 9.59 Å². The SMILES string of the molecule is CC(N(C)CCC(=O)NC(N)=O)C(C)(C)C. The Bertz CT molecular complexity index is 258. The molecule has 1 unspecified atom stereocenters. The number of amides is 3. The first kappa shape index (κ1) is 14.9. The van der Waals surface area contributed by atoms with Crippen LogP contribution in [0.4, 0.5) is 4.79 Å². The standard InChI is InChI=1S/C11H23N3O2/c1-8(11(2,3)4)14(5)7-6-9(15)13-10(12)16/h8H,6-7H2,1-5H3,(H3,12,13,15,16). The second kappa shape index (κ2) is 5.84. The lowest BCUT2D eigenvalue weighted by molar-refractivity contribution is -0.120. The molecule has 0 aliphatic carbocycles. The molecule has 0 rings (SSSR count). The summed E-state index contributed by atoms with van der Waals surface area (Å²) in [4.78, 5) is 23.7. The normalized spacial score (nSPS) is 13.6. The number of urea groups is 1. The topological polar surface area (TPSA) is 75.4 Å². The van der Waals surface area contributed by atoms with Crippen LogP contribution in [-0.4, -0.2) is 36.5 Å². The van der Waals surface area contributed by atoms with E-state index < -0.39 is 6.03 Å². The minimum Gasteiger partial charge on any atom is -0.351 e. The lowest BCUT2D eigenvalue weighted by atomic mass is 9.87. The van der Waals surface area contributed by atoms with Gasteiger partial charge in [-0.2, -0.15) is 0 Å². The van der Waals surface area contributed by atoms with Crippen LogP contribution in [-0.2, 0) is 4.79 Å². The zero-order valence-corrected chi connectivity index (χ0v) is 10.8. The van der Waals surface area contributed by atoms with Gasteiger partial charge >= 0.3 is 6.03 Å². The van der Waals surface area contributed by atoms with Crippen LogP contribution in [0.5, 0.6) is 0 Å². The molecular formula is C11H23N3O2. The van der Waals surface area contributed by atoms with Gasteiger partial charge in [0.05, 0.1) is 0 Å². The van der Waals surface area contributed by atoms with Crippen molar-refractivity contribution in [1.29, 1.82) is 0 Å². The van der Waals surface area contributed by atoms with E-state index in [9.17, 15) is 9.59 Å². The van der Waals surface area contributed by atoms with Gasteiger partial charge in [0.2, 0.25) is 5.91 Å². The summed E-state index contributed by atoms with van der Waals surface area (Å²) < 4.78 is 0. The van der Waals surface area contributed by atoms with Crippen LogP contribution >= 0.6 is 0 Å². The van der Waals surface area contributed by atoms with Gasteiger partial charge in [-0.1, -0.05) is 20.8 Å². The predicted octanol–water partition coefficient (Wildman–Crippen LogP) is 0.938. The molecule has 0 bridgehead atoms. The molecule has 0 saturated carbocycles. The highest BCUT2D eigenvalue weighted by atomic mass is 16.2. The molecule has 5 nitrogen and oxygen atoms in total. The van der Waals surface area contributed by atoms with Crippen molar-refractivity contribution in [1.82, 2.24) is 10.2 Å². The van der Waals surface area contributed by atoms with Crippen LogP contribution in [0.3, 0.4) is 0 Å². The number of rotatable bonds is 4. The first-order chi connectivity index (χ1) is 7.14. The molecule has 0 aromatic rings. The molecule has 3 N–H and O–H groups in total. The summed E-state index contributed by atoms with van der Waals surface area (Å²) in [5.41, 5.74) is 5.01. The van der Waals surface area contributed by atoms with Crippen molar-refractivity contribution in [3.05, 3.63) is 0 Å². The van der Waals surface area contributed by atoms with Crippen molar-refractivity contribution in [2.45, 2.75) is 40.2 Å². The van der Waals surface area contributed by atoms with E-state index in [-0.39, 0.29) is 17.7 Å². The summed E-state index contributed by atoms with van der Waals surface area (Å²) in [5.74, 6) is -0.333. The van der Waals surface area contributed by atoms with E-state index >= 15 is 0 Å². The highest BCUT2D eigenvalue weighted by Crippen LogP contribution is 2.22. The Kier molecular flexibility index (Phi) is 5.44. The van der Waals surface area contributed by atoms with Gasteiger partial charge in [-0.25, -0.2) is 4.79 Å². The van der Waals surface area contributed by atoms with Gasteiger partial charge in [-0.05, 0) is 19.4 Å². The summed E-state index contributed by atoms with van der Waals surface area (Å²) in [6.07, 6.45) is 0.278. The minimum atomic E-state index is -0.795. The lowest BCUT2D eigenvalue weighted by Gasteiger charge is -2.35. The molecule has 0 aromatic heterocycles. The van der Waals surface area contributed by atoms with Crippen molar-refractivity contribution >= 4 is 11.9 Å². The smallest absolute Gasteiger partial charge is 0.318 e. The number of primary amides is 1. The second-order valence-electron chi connectivity index (χ2n) is 5.19. The van der Waals surface area contributed by atoms with Crippen LogP contribution in [0.15, 0.2) is 0 Å². The van der Waals surface area contributed by atoms with Crippen molar-refractivity contribution in [2.24, 2.45) is 11.1 Å². The first-order valence-electron chi connectivity index (χ1n) is 5.44. The molecule has 16 heavy (non-hydrogen) atoms. The Morgan fingerprint density at radius 3 is 2.25 bits per heavy atom. The minimum absolute atomic E-state index is 0.162. The molecule has 0 fully saturated rings. The Balaban J connectivity index is 4.03. The average Bonchev–Trinajstić information content (AvgIpc) is 2.10. The maximum atomic E-state index is 11.2. The summed E-state index contributed by atoms with van der Waals surface area (Å²) in [6, 6.07) is -0.439. The van der Waals surface area contributed by atoms with Crippen molar-refractivity contribution in [3.63, 3.8) is 0 Å². The van der Waals surface area contributed by atoms with Gasteiger partial charge < -0.3 is 10.6 Å².